The molecule has 1 fully saturated rings. The minimum atomic E-state index is -0.788. The van der Waals surface area contributed by atoms with Crippen molar-refractivity contribution in [2.24, 2.45) is 0 Å². The fraction of sp³-hybridized carbons (Fsp3) is 0.462. The van der Waals surface area contributed by atoms with E-state index < -0.39 is 5.60 Å². The number of carbonyl (C=O) groups is 1. The Morgan fingerprint density at radius 2 is 2.12 bits per heavy atom. The fourth-order valence-electron chi connectivity index (χ4n) is 2.10. The lowest BCUT2D eigenvalue weighted by molar-refractivity contribution is -0.129. The summed E-state index contributed by atoms with van der Waals surface area (Å²) in [7, 11) is 0. The first-order valence-electron chi connectivity index (χ1n) is 5.91. The number of hydrogen-bond acceptors (Lipinski definition) is 3. The lowest BCUT2D eigenvalue weighted by Crippen LogP contribution is -2.46. The van der Waals surface area contributed by atoms with Crippen LogP contribution in [0.25, 0.3) is 0 Å². The van der Waals surface area contributed by atoms with Crippen molar-refractivity contribution in [3.63, 3.8) is 0 Å². The van der Waals surface area contributed by atoms with Crippen LogP contribution in [0, 0.1) is 0 Å². The van der Waals surface area contributed by atoms with Gasteiger partial charge in [-0.15, -0.1) is 0 Å². The summed E-state index contributed by atoms with van der Waals surface area (Å²) in [4.78, 5) is 11.7. The zero-order valence-corrected chi connectivity index (χ0v) is 10.0. The predicted molar refractivity (Wildman–Crippen MR) is 65.4 cm³/mol. The van der Waals surface area contributed by atoms with Crippen molar-refractivity contribution in [2.75, 3.05) is 18.4 Å². The molecule has 0 aliphatic carbocycles. The maximum Gasteiger partial charge on any atom is 0.268 e. The first kappa shape index (κ1) is 10.6. The molecule has 17 heavy (non-hydrogen) atoms. The zero-order valence-electron chi connectivity index (χ0n) is 10.0. The number of amides is 1. The van der Waals surface area contributed by atoms with E-state index in [4.69, 9.17) is 4.74 Å². The van der Waals surface area contributed by atoms with Crippen molar-refractivity contribution in [3.05, 3.63) is 23.8 Å². The fourth-order valence-corrected chi connectivity index (χ4v) is 2.10. The van der Waals surface area contributed by atoms with E-state index in [0.29, 0.717) is 5.92 Å². The first-order chi connectivity index (χ1) is 8.06. The summed E-state index contributed by atoms with van der Waals surface area (Å²) in [5.74, 6) is 1.26. The molecule has 0 bridgehead atoms. The number of fused-ring (bicyclic) bond motifs is 1. The van der Waals surface area contributed by atoms with Gasteiger partial charge in [0.15, 0.2) is 5.60 Å². The van der Waals surface area contributed by atoms with E-state index in [9.17, 15) is 4.79 Å². The molecular weight excluding hydrogens is 216 g/mol. The summed E-state index contributed by atoms with van der Waals surface area (Å²) in [5, 5.41) is 6.13. The second-order valence-electron chi connectivity index (χ2n) is 5.18. The largest absolute Gasteiger partial charge is 0.476 e. The highest BCUT2D eigenvalue weighted by atomic mass is 16.5. The van der Waals surface area contributed by atoms with E-state index in [1.165, 1.54) is 5.56 Å². The van der Waals surface area contributed by atoms with Crippen LogP contribution >= 0.6 is 0 Å². The SMILES string of the molecule is CC1(C)Oc2cc(C3CNC3)ccc2NC1=O. The van der Waals surface area contributed by atoms with Crippen molar-refractivity contribution in [3.8, 4) is 5.75 Å². The third-order valence-electron chi connectivity index (χ3n) is 3.42. The molecule has 0 unspecified atom stereocenters. The second-order valence-corrected chi connectivity index (χ2v) is 5.18. The highest BCUT2D eigenvalue weighted by Crippen LogP contribution is 2.36. The predicted octanol–water partition coefficient (Wildman–Crippen LogP) is 1.48. The van der Waals surface area contributed by atoms with Crippen molar-refractivity contribution >= 4 is 11.6 Å². The van der Waals surface area contributed by atoms with Gasteiger partial charge in [0, 0.05) is 19.0 Å². The Balaban J connectivity index is 1.95. The molecule has 2 heterocycles. The first-order valence-corrected chi connectivity index (χ1v) is 5.91. The van der Waals surface area contributed by atoms with Crippen molar-refractivity contribution in [1.82, 2.24) is 5.32 Å². The van der Waals surface area contributed by atoms with Gasteiger partial charge in [-0.3, -0.25) is 4.79 Å². The normalized spacial score (nSPS) is 22.1. The van der Waals surface area contributed by atoms with E-state index in [2.05, 4.69) is 16.7 Å². The summed E-state index contributed by atoms with van der Waals surface area (Å²) in [6.07, 6.45) is 0. The number of ether oxygens (including phenoxy) is 1. The molecular formula is C13H16N2O2. The quantitative estimate of drug-likeness (QED) is 0.771. The van der Waals surface area contributed by atoms with Gasteiger partial charge in [0.05, 0.1) is 5.69 Å². The van der Waals surface area contributed by atoms with E-state index in [-0.39, 0.29) is 5.91 Å². The molecule has 1 aromatic rings. The second kappa shape index (κ2) is 3.47. The minimum Gasteiger partial charge on any atom is -0.476 e. The lowest BCUT2D eigenvalue weighted by atomic mass is 9.93. The lowest BCUT2D eigenvalue weighted by Gasteiger charge is -2.33. The van der Waals surface area contributed by atoms with Crippen LogP contribution in [0.3, 0.4) is 0 Å². The Kier molecular flexibility index (Phi) is 2.16. The Bertz CT molecular complexity index is 478. The van der Waals surface area contributed by atoms with Crippen LogP contribution in [0.5, 0.6) is 5.75 Å². The van der Waals surface area contributed by atoms with Gasteiger partial charge in [0.1, 0.15) is 5.75 Å². The summed E-state index contributed by atoms with van der Waals surface area (Å²) >= 11 is 0. The molecule has 2 aliphatic rings. The van der Waals surface area contributed by atoms with Gasteiger partial charge >= 0.3 is 0 Å². The summed E-state index contributed by atoms with van der Waals surface area (Å²) in [6, 6.07) is 6.03. The molecule has 0 saturated carbocycles. The molecule has 4 heteroatoms. The third kappa shape index (κ3) is 1.69. The van der Waals surface area contributed by atoms with Crippen LogP contribution in [0.4, 0.5) is 5.69 Å². The standard InChI is InChI=1S/C13H16N2O2/c1-13(2)12(16)15-10-4-3-8(5-11(10)17-13)9-6-14-7-9/h3-5,9,14H,6-7H2,1-2H3,(H,15,16). The van der Waals surface area contributed by atoms with Crippen LogP contribution in [-0.2, 0) is 4.79 Å². The van der Waals surface area contributed by atoms with Gasteiger partial charge in [-0.05, 0) is 31.5 Å². The summed E-state index contributed by atoms with van der Waals surface area (Å²) in [6.45, 7) is 5.61. The Morgan fingerprint density at radius 1 is 1.35 bits per heavy atom. The van der Waals surface area contributed by atoms with Gasteiger partial charge in [0.25, 0.3) is 5.91 Å². The van der Waals surface area contributed by atoms with Crippen molar-refractivity contribution in [2.45, 2.75) is 25.4 Å². The molecule has 0 spiro atoms. The van der Waals surface area contributed by atoms with Crippen LogP contribution < -0.4 is 15.4 Å². The summed E-state index contributed by atoms with van der Waals surface area (Å²) < 4.78 is 5.76. The van der Waals surface area contributed by atoms with E-state index in [1.54, 1.807) is 13.8 Å². The van der Waals surface area contributed by atoms with Crippen LogP contribution in [-0.4, -0.2) is 24.6 Å². The molecule has 3 rings (SSSR count). The minimum absolute atomic E-state index is 0.0944. The Labute approximate surface area is 100 Å². The van der Waals surface area contributed by atoms with Gasteiger partial charge in [-0.25, -0.2) is 0 Å². The van der Waals surface area contributed by atoms with Crippen LogP contribution in [0.2, 0.25) is 0 Å². The molecule has 0 atom stereocenters. The molecule has 90 valence electrons. The number of carbonyl (C=O) groups excluding carboxylic acids is 1. The molecule has 1 aromatic carbocycles. The zero-order chi connectivity index (χ0) is 12.0. The topological polar surface area (TPSA) is 50.4 Å². The summed E-state index contributed by atoms with van der Waals surface area (Å²) in [5.41, 5.74) is 1.25. The highest BCUT2D eigenvalue weighted by molar-refractivity contribution is 6.00. The number of nitrogens with one attached hydrogen (secondary N) is 2. The van der Waals surface area contributed by atoms with Crippen LogP contribution in [0.15, 0.2) is 18.2 Å². The van der Waals surface area contributed by atoms with Gasteiger partial charge in [-0.1, -0.05) is 6.07 Å². The maximum absolute atomic E-state index is 11.7. The van der Waals surface area contributed by atoms with E-state index in [0.717, 1.165) is 24.5 Å². The molecule has 4 nitrogen and oxygen atoms in total. The smallest absolute Gasteiger partial charge is 0.268 e. The third-order valence-corrected chi connectivity index (χ3v) is 3.42. The number of benzene rings is 1. The average Bonchev–Trinajstić information content (AvgIpc) is 2.17. The van der Waals surface area contributed by atoms with Crippen molar-refractivity contribution in [1.29, 1.82) is 0 Å². The Hall–Kier alpha value is -1.55. The molecule has 0 radical (unpaired) electrons. The number of anilines is 1. The van der Waals surface area contributed by atoms with Gasteiger partial charge < -0.3 is 15.4 Å². The Morgan fingerprint density at radius 3 is 2.76 bits per heavy atom. The monoisotopic (exact) mass is 232 g/mol. The van der Waals surface area contributed by atoms with E-state index in [1.807, 2.05) is 12.1 Å². The number of rotatable bonds is 1. The molecule has 0 aromatic heterocycles. The van der Waals surface area contributed by atoms with Gasteiger partial charge in [0.2, 0.25) is 0 Å². The highest BCUT2D eigenvalue weighted by Gasteiger charge is 2.35. The molecule has 2 aliphatic heterocycles. The van der Waals surface area contributed by atoms with Crippen LogP contribution in [0.1, 0.15) is 25.3 Å². The van der Waals surface area contributed by atoms with Crippen molar-refractivity contribution < 1.29 is 9.53 Å². The maximum atomic E-state index is 11.7. The van der Waals surface area contributed by atoms with E-state index >= 15 is 0 Å². The molecule has 1 amide bonds. The molecule has 1 saturated heterocycles. The van der Waals surface area contributed by atoms with Gasteiger partial charge in [-0.2, -0.15) is 0 Å². The molecule has 2 N–H and O–H groups in total. The average molecular weight is 232 g/mol. The number of hydrogen-bond donors (Lipinski definition) is 2.